The van der Waals surface area contributed by atoms with E-state index in [1.165, 1.54) is 12.8 Å². The molecule has 0 radical (unpaired) electrons. The summed E-state index contributed by atoms with van der Waals surface area (Å²) in [7, 11) is 0. The first kappa shape index (κ1) is 21.8. The number of nitrogens with zero attached hydrogens (tertiary/aromatic N) is 4. The van der Waals surface area contributed by atoms with Crippen LogP contribution in [0.3, 0.4) is 0 Å². The van der Waals surface area contributed by atoms with Crippen molar-refractivity contribution in [2.24, 2.45) is 5.92 Å². The van der Waals surface area contributed by atoms with Gasteiger partial charge < -0.3 is 10.2 Å². The Bertz CT molecular complexity index is 697. The average Bonchev–Trinajstić information content (AvgIpc) is 3.23. The topological polar surface area (TPSA) is 70.5 Å². The standard InChI is InChI=1S/C22H37N5O2/c1-5-25(13-19-11-24-27(15-19)16(2)3)22(29)10-20-8-9-21(12-23-17(4)28)26(20)14-18-6-7-18/h11,15-16,18,20-21H,5-10,12-14H2,1-4H3,(H,23,28)/t20-,21+/m0/s1. The van der Waals surface area contributed by atoms with E-state index in [1.807, 2.05) is 28.9 Å². The number of carbonyl (C=O) groups is 2. The van der Waals surface area contributed by atoms with Crippen LogP contribution in [0.25, 0.3) is 0 Å². The van der Waals surface area contributed by atoms with Gasteiger partial charge in [-0.15, -0.1) is 0 Å². The number of aromatic nitrogens is 2. The monoisotopic (exact) mass is 403 g/mol. The van der Waals surface area contributed by atoms with Gasteiger partial charge in [0.15, 0.2) is 0 Å². The van der Waals surface area contributed by atoms with E-state index in [0.29, 0.717) is 38.1 Å². The molecule has 7 heteroatoms. The summed E-state index contributed by atoms with van der Waals surface area (Å²) in [6.07, 6.45) is 9.16. The fourth-order valence-corrected chi connectivity index (χ4v) is 4.28. The van der Waals surface area contributed by atoms with Crippen LogP contribution in [-0.4, -0.2) is 63.1 Å². The van der Waals surface area contributed by atoms with Gasteiger partial charge in [-0.2, -0.15) is 5.10 Å². The van der Waals surface area contributed by atoms with E-state index >= 15 is 0 Å². The quantitative estimate of drug-likeness (QED) is 0.652. The molecule has 0 unspecified atom stereocenters. The van der Waals surface area contributed by atoms with Gasteiger partial charge in [0.05, 0.1) is 6.20 Å². The number of carbonyl (C=O) groups excluding carboxylic acids is 2. The molecule has 2 amide bonds. The Morgan fingerprint density at radius 3 is 2.55 bits per heavy atom. The van der Waals surface area contributed by atoms with Crippen LogP contribution >= 0.6 is 0 Å². The molecule has 1 N–H and O–H groups in total. The molecular weight excluding hydrogens is 366 g/mol. The molecule has 1 aliphatic heterocycles. The first-order valence-corrected chi connectivity index (χ1v) is 11.2. The number of nitrogens with one attached hydrogen (secondary N) is 1. The maximum absolute atomic E-state index is 13.1. The molecule has 2 fully saturated rings. The van der Waals surface area contributed by atoms with Crippen molar-refractivity contribution >= 4 is 11.8 Å². The summed E-state index contributed by atoms with van der Waals surface area (Å²) < 4.78 is 1.94. The first-order chi connectivity index (χ1) is 13.9. The largest absolute Gasteiger partial charge is 0.355 e. The van der Waals surface area contributed by atoms with Crippen molar-refractivity contribution in [3.8, 4) is 0 Å². The second-order valence-electron chi connectivity index (χ2n) is 9.00. The summed E-state index contributed by atoms with van der Waals surface area (Å²) in [5.74, 6) is 1.01. The molecule has 1 aliphatic carbocycles. The van der Waals surface area contributed by atoms with Crippen molar-refractivity contribution in [2.45, 2.75) is 84.5 Å². The molecule has 2 heterocycles. The fourth-order valence-electron chi connectivity index (χ4n) is 4.28. The highest BCUT2D eigenvalue weighted by Crippen LogP contribution is 2.35. The number of hydrogen-bond donors (Lipinski definition) is 1. The Kier molecular flexibility index (Phi) is 7.33. The fraction of sp³-hybridized carbons (Fsp3) is 0.773. The minimum atomic E-state index is 0.0231. The van der Waals surface area contributed by atoms with Crippen molar-refractivity contribution in [3.63, 3.8) is 0 Å². The Labute approximate surface area is 174 Å². The first-order valence-electron chi connectivity index (χ1n) is 11.2. The molecule has 0 spiro atoms. The van der Waals surface area contributed by atoms with Crippen molar-refractivity contribution in [1.82, 2.24) is 24.9 Å². The van der Waals surface area contributed by atoms with E-state index in [1.54, 1.807) is 6.92 Å². The van der Waals surface area contributed by atoms with Gasteiger partial charge in [-0.3, -0.25) is 19.2 Å². The van der Waals surface area contributed by atoms with Crippen molar-refractivity contribution in [2.75, 3.05) is 19.6 Å². The van der Waals surface area contributed by atoms with E-state index in [4.69, 9.17) is 0 Å². The lowest BCUT2D eigenvalue weighted by Gasteiger charge is -2.31. The zero-order valence-corrected chi connectivity index (χ0v) is 18.4. The molecule has 1 aromatic rings. The lowest BCUT2D eigenvalue weighted by atomic mass is 10.1. The van der Waals surface area contributed by atoms with Crippen molar-refractivity contribution < 1.29 is 9.59 Å². The zero-order valence-electron chi connectivity index (χ0n) is 18.4. The summed E-state index contributed by atoms with van der Waals surface area (Å²) in [5.41, 5.74) is 1.08. The number of hydrogen-bond acceptors (Lipinski definition) is 4. The molecular formula is C22H37N5O2. The van der Waals surface area contributed by atoms with Gasteiger partial charge in [-0.25, -0.2) is 0 Å². The molecule has 0 aromatic carbocycles. The van der Waals surface area contributed by atoms with Crippen LogP contribution in [0.2, 0.25) is 0 Å². The Hall–Kier alpha value is -1.89. The lowest BCUT2D eigenvalue weighted by Crippen LogP contribution is -2.45. The number of likely N-dealkylation sites (tertiary alicyclic amines) is 1. The summed E-state index contributed by atoms with van der Waals surface area (Å²) in [5, 5.41) is 7.38. The van der Waals surface area contributed by atoms with E-state index in [-0.39, 0.29) is 17.9 Å². The third kappa shape index (κ3) is 6.04. The highest BCUT2D eigenvalue weighted by Gasteiger charge is 2.38. The van der Waals surface area contributed by atoms with Crippen LogP contribution in [0.1, 0.15) is 71.4 Å². The molecule has 1 saturated heterocycles. The second kappa shape index (κ2) is 9.74. The maximum atomic E-state index is 13.1. The predicted octanol–water partition coefficient (Wildman–Crippen LogP) is 2.58. The van der Waals surface area contributed by atoms with Gasteiger partial charge in [0.2, 0.25) is 11.8 Å². The number of rotatable bonds is 10. The van der Waals surface area contributed by atoms with Gasteiger partial charge in [0.1, 0.15) is 0 Å². The van der Waals surface area contributed by atoms with Gasteiger partial charge in [0, 0.05) is 69.4 Å². The van der Waals surface area contributed by atoms with Crippen LogP contribution < -0.4 is 5.32 Å². The summed E-state index contributed by atoms with van der Waals surface area (Å²) in [4.78, 5) is 28.9. The molecule has 29 heavy (non-hydrogen) atoms. The molecule has 1 aromatic heterocycles. The minimum absolute atomic E-state index is 0.0231. The van der Waals surface area contributed by atoms with E-state index < -0.39 is 0 Å². The SMILES string of the molecule is CCN(Cc1cnn(C(C)C)c1)C(=O)C[C@@H]1CC[C@H](CNC(C)=O)N1CC1CC1. The molecule has 1 saturated carbocycles. The third-order valence-corrected chi connectivity index (χ3v) is 6.23. The average molecular weight is 404 g/mol. The highest BCUT2D eigenvalue weighted by molar-refractivity contribution is 5.77. The van der Waals surface area contributed by atoms with Crippen LogP contribution in [0.5, 0.6) is 0 Å². The van der Waals surface area contributed by atoms with E-state index in [0.717, 1.165) is 30.9 Å². The smallest absolute Gasteiger partial charge is 0.224 e. The van der Waals surface area contributed by atoms with Crippen LogP contribution in [-0.2, 0) is 16.1 Å². The molecule has 162 valence electrons. The molecule has 0 bridgehead atoms. The Balaban J connectivity index is 1.59. The van der Waals surface area contributed by atoms with Gasteiger partial charge in [-0.05, 0) is 52.4 Å². The Morgan fingerprint density at radius 1 is 1.24 bits per heavy atom. The van der Waals surface area contributed by atoms with Crippen LogP contribution in [0.4, 0.5) is 0 Å². The zero-order chi connectivity index (χ0) is 21.0. The highest BCUT2D eigenvalue weighted by atomic mass is 16.2. The number of amides is 2. The lowest BCUT2D eigenvalue weighted by molar-refractivity contribution is -0.133. The Morgan fingerprint density at radius 2 is 1.97 bits per heavy atom. The summed E-state index contributed by atoms with van der Waals surface area (Å²) >= 11 is 0. The van der Waals surface area contributed by atoms with E-state index in [2.05, 4.69) is 29.2 Å². The molecule has 2 atom stereocenters. The molecule has 7 nitrogen and oxygen atoms in total. The predicted molar refractivity (Wildman–Crippen MR) is 113 cm³/mol. The molecule has 3 rings (SSSR count). The van der Waals surface area contributed by atoms with Gasteiger partial charge >= 0.3 is 0 Å². The normalized spacial score (nSPS) is 22.2. The summed E-state index contributed by atoms with van der Waals surface area (Å²) in [6, 6.07) is 0.968. The van der Waals surface area contributed by atoms with Crippen LogP contribution in [0, 0.1) is 5.92 Å². The second-order valence-corrected chi connectivity index (χ2v) is 9.00. The van der Waals surface area contributed by atoms with Crippen molar-refractivity contribution in [3.05, 3.63) is 18.0 Å². The van der Waals surface area contributed by atoms with Gasteiger partial charge in [0.25, 0.3) is 0 Å². The summed E-state index contributed by atoms with van der Waals surface area (Å²) in [6.45, 7) is 10.9. The third-order valence-electron chi connectivity index (χ3n) is 6.23. The van der Waals surface area contributed by atoms with Crippen LogP contribution in [0.15, 0.2) is 12.4 Å². The molecule has 2 aliphatic rings. The van der Waals surface area contributed by atoms with E-state index in [9.17, 15) is 9.59 Å². The minimum Gasteiger partial charge on any atom is -0.355 e. The van der Waals surface area contributed by atoms with Gasteiger partial charge in [-0.1, -0.05) is 0 Å². The van der Waals surface area contributed by atoms with Crippen molar-refractivity contribution in [1.29, 1.82) is 0 Å². The maximum Gasteiger partial charge on any atom is 0.224 e.